The Bertz CT molecular complexity index is 221. The van der Waals surface area contributed by atoms with Gasteiger partial charge in [-0.1, -0.05) is 0 Å². The van der Waals surface area contributed by atoms with Crippen molar-refractivity contribution in [3.05, 3.63) is 0 Å². The smallest absolute Gasteiger partial charge is 0.306 e. The van der Waals surface area contributed by atoms with Crippen LogP contribution < -0.4 is 0 Å². The van der Waals surface area contributed by atoms with Crippen LogP contribution in [0.3, 0.4) is 0 Å². The van der Waals surface area contributed by atoms with E-state index in [1.54, 1.807) is 0 Å². The second-order valence-corrected chi connectivity index (χ2v) is 2.94. The zero-order valence-corrected chi connectivity index (χ0v) is 9.20. The SMILES string of the molecule is O=C(O)CC(O)(CC(=O)O)CC(=O)O.[Ti]. The maximum atomic E-state index is 10.2. The van der Waals surface area contributed by atoms with Crippen LogP contribution in [-0.4, -0.2) is 43.9 Å². The van der Waals surface area contributed by atoms with Crippen LogP contribution in [0.4, 0.5) is 0 Å². The first-order valence-corrected chi connectivity index (χ1v) is 3.63. The van der Waals surface area contributed by atoms with Gasteiger partial charge in [0, 0.05) is 21.7 Å². The Labute approximate surface area is 99.6 Å². The van der Waals surface area contributed by atoms with E-state index >= 15 is 0 Å². The molecular weight excluding hydrogens is 244 g/mol. The molecule has 0 radical (unpaired) electrons. The van der Waals surface area contributed by atoms with E-state index in [1.807, 2.05) is 0 Å². The van der Waals surface area contributed by atoms with Crippen molar-refractivity contribution in [3.63, 3.8) is 0 Å². The Hall–Kier alpha value is -0.916. The fourth-order valence-electron chi connectivity index (χ4n) is 1.03. The third-order valence-electron chi connectivity index (χ3n) is 1.44. The molecule has 0 amide bonds. The molecular formula is C7H10O7Ti. The molecule has 84 valence electrons. The van der Waals surface area contributed by atoms with Gasteiger partial charge in [-0.2, -0.15) is 0 Å². The van der Waals surface area contributed by atoms with Gasteiger partial charge in [0.1, 0.15) is 0 Å². The standard InChI is InChI=1S/C7H10O7.Ti/c8-4(9)1-7(14,2-5(10)11)3-6(12)13;/h14H,1-3H2,(H,8,9)(H,10,11)(H,12,13);. The summed E-state index contributed by atoms with van der Waals surface area (Å²) in [4.78, 5) is 30.7. The average molecular weight is 254 g/mol. The first kappa shape index (κ1) is 16.5. The third kappa shape index (κ3) is 8.10. The Morgan fingerprint density at radius 3 is 1.13 bits per heavy atom. The molecule has 0 unspecified atom stereocenters. The topological polar surface area (TPSA) is 132 Å². The van der Waals surface area contributed by atoms with Crippen LogP contribution in [0.2, 0.25) is 0 Å². The predicted molar refractivity (Wildman–Crippen MR) is 41.7 cm³/mol. The van der Waals surface area contributed by atoms with Gasteiger partial charge >= 0.3 is 17.9 Å². The Balaban J connectivity index is 0. The monoisotopic (exact) mass is 254 g/mol. The summed E-state index contributed by atoms with van der Waals surface area (Å²) in [7, 11) is 0. The third-order valence-corrected chi connectivity index (χ3v) is 1.44. The second-order valence-electron chi connectivity index (χ2n) is 2.94. The minimum Gasteiger partial charge on any atom is -0.481 e. The summed E-state index contributed by atoms with van der Waals surface area (Å²) >= 11 is 0. The molecule has 7 nitrogen and oxygen atoms in total. The molecule has 0 heterocycles. The number of carbonyl (C=O) groups is 3. The van der Waals surface area contributed by atoms with E-state index in [4.69, 9.17) is 15.3 Å². The van der Waals surface area contributed by atoms with E-state index in [1.165, 1.54) is 0 Å². The fraction of sp³-hybridized carbons (Fsp3) is 0.571. The molecule has 0 fully saturated rings. The first-order valence-electron chi connectivity index (χ1n) is 3.63. The summed E-state index contributed by atoms with van der Waals surface area (Å²) in [6, 6.07) is 0. The zero-order chi connectivity index (χ0) is 11.4. The molecule has 0 aromatic heterocycles. The fourth-order valence-corrected chi connectivity index (χ4v) is 1.03. The van der Waals surface area contributed by atoms with Crippen molar-refractivity contribution < 1.29 is 56.5 Å². The van der Waals surface area contributed by atoms with Gasteiger partial charge in [0.05, 0.1) is 24.9 Å². The number of carboxylic acid groups (broad SMARTS) is 3. The van der Waals surface area contributed by atoms with Crippen molar-refractivity contribution in [1.82, 2.24) is 0 Å². The molecule has 15 heavy (non-hydrogen) atoms. The van der Waals surface area contributed by atoms with Gasteiger partial charge in [-0.05, 0) is 0 Å². The van der Waals surface area contributed by atoms with E-state index in [9.17, 15) is 19.5 Å². The van der Waals surface area contributed by atoms with Gasteiger partial charge in [0.2, 0.25) is 0 Å². The minimum absolute atomic E-state index is 0. The van der Waals surface area contributed by atoms with Crippen molar-refractivity contribution in [2.45, 2.75) is 24.9 Å². The van der Waals surface area contributed by atoms with Crippen LogP contribution in [0, 0.1) is 0 Å². The van der Waals surface area contributed by atoms with E-state index in [0.29, 0.717) is 0 Å². The molecule has 4 N–H and O–H groups in total. The summed E-state index contributed by atoms with van der Waals surface area (Å²) in [6.45, 7) is 0. The Morgan fingerprint density at radius 1 is 0.800 bits per heavy atom. The molecule has 0 spiro atoms. The zero-order valence-electron chi connectivity index (χ0n) is 7.63. The molecule has 0 saturated carbocycles. The first-order chi connectivity index (χ1) is 6.25. The molecule has 0 atom stereocenters. The summed E-state index contributed by atoms with van der Waals surface area (Å²) in [5, 5.41) is 34.4. The molecule has 0 aromatic rings. The van der Waals surface area contributed by atoms with Crippen LogP contribution in [-0.2, 0) is 36.1 Å². The van der Waals surface area contributed by atoms with Gasteiger partial charge in [-0.3, -0.25) is 14.4 Å². The summed E-state index contributed by atoms with van der Waals surface area (Å²) in [5.74, 6) is -4.35. The van der Waals surface area contributed by atoms with Gasteiger partial charge in [0.15, 0.2) is 0 Å². The Kier molecular flexibility index (Phi) is 7.21. The molecule has 0 aliphatic carbocycles. The van der Waals surface area contributed by atoms with Crippen molar-refractivity contribution in [3.8, 4) is 0 Å². The van der Waals surface area contributed by atoms with Gasteiger partial charge in [0.25, 0.3) is 0 Å². The normalized spacial score (nSPS) is 10.2. The summed E-state index contributed by atoms with van der Waals surface area (Å²) in [6.07, 6.45) is -2.73. The molecule has 0 aromatic carbocycles. The van der Waals surface area contributed by atoms with E-state index in [-0.39, 0.29) is 21.7 Å². The average Bonchev–Trinajstić information content (AvgIpc) is 1.76. The maximum absolute atomic E-state index is 10.2. The van der Waals surface area contributed by atoms with Crippen molar-refractivity contribution in [2.75, 3.05) is 0 Å². The van der Waals surface area contributed by atoms with Gasteiger partial charge < -0.3 is 20.4 Å². The second kappa shape index (κ2) is 6.55. The number of hydrogen-bond donors (Lipinski definition) is 4. The summed E-state index contributed by atoms with van der Waals surface area (Å²) in [5.41, 5.74) is -2.23. The van der Waals surface area contributed by atoms with E-state index in [2.05, 4.69) is 0 Å². The number of aliphatic carboxylic acids is 3. The maximum Gasteiger partial charge on any atom is 0.306 e. The number of rotatable bonds is 6. The van der Waals surface area contributed by atoms with Crippen molar-refractivity contribution in [2.24, 2.45) is 0 Å². The van der Waals surface area contributed by atoms with Crippen molar-refractivity contribution in [1.29, 1.82) is 0 Å². The Morgan fingerprint density at radius 2 is 1.00 bits per heavy atom. The van der Waals surface area contributed by atoms with Gasteiger partial charge in [-0.15, -0.1) is 0 Å². The van der Waals surface area contributed by atoms with Crippen molar-refractivity contribution >= 4 is 17.9 Å². The van der Waals surface area contributed by atoms with E-state index < -0.39 is 42.8 Å². The largest absolute Gasteiger partial charge is 0.481 e. The minimum atomic E-state index is -2.23. The number of hydrogen-bond acceptors (Lipinski definition) is 4. The molecule has 0 saturated heterocycles. The van der Waals surface area contributed by atoms with Crippen LogP contribution in [0.5, 0.6) is 0 Å². The number of carboxylic acids is 3. The van der Waals surface area contributed by atoms with Crippen LogP contribution >= 0.6 is 0 Å². The van der Waals surface area contributed by atoms with Crippen LogP contribution in [0.15, 0.2) is 0 Å². The summed E-state index contributed by atoms with van der Waals surface area (Å²) < 4.78 is 0. The quantitative estimate of drug-likeness (QED) is 0.453. The van der Waals surface area contributed by atoms with Gasteiger partial charge in [-0.25, -0.2) is 0 Å². The predicted octanol–water partition coefficient (Wildman–Crippen LogP) is -0.861. The molecule has 0 aliphatic heterocycles. The molecule has 0 aliphatic rings. The molecule has 8 heteroatoms. The van der Waals surface area contributed by atoms with Crippen LogP contribution in [0.1, 0.15) is 19.3 Å². The number of aliphatic hydroxyl groups is 1. The molecule has 0 rings (SSSR count). The van der Waals surface area contributed by atoms with E-state index in [0.717, 1.165) is 0 Å². The molecule has 0 bridgehead atoms. The van der Waals surface area contributed by atoms with Crippen LogP contribution in [0.25, 0.3) is 0 Å².